The van der Waals surface area contributed by atoms with E-state index in [1.807, 2.05) is 17.5 Å². The van der Waals surface area contributed by atoms with Gasteiger partial charge in [0.25, 0.3) is 0 Å². The summed E-state index contributed by atoms with van der Waals surface area (Å²) < 4.78 is 0. The monoisotopic (exact) mass is 270 g/mol. The van der Waals surface area contributed by atoms with Crippen molar-refractivity contribution in [2.45, 2.75) is 26.4 Å². The smallest absolute Gasteiger partial charge is 0.0454 e. The second-order valence-corrected chi connectivity index (χ2v) is 5.98. The van der Waals surface area contributed by atoms with Crippen LogP contribution in [0.1, 0.15) is 22.2 Å². The lowest BCUT2D eigenvalue weighted by molar-refractivity contribution is 0.701. The molecule has 0 unspecified atom stereocenters. The summed E-state index contributed by atoms with van der Waals surface area (Å²) in [4.78, 5) is 6.10. The Kier molecular flexibility index (Phi) is 3.67. The molecule has 0 aliphatic carbocycles. The summed E-state index contributed by atoms with van der Waals surface area (Å²) in [5.74, 6) is 0. The van der Waals surface area contributed by atoms with Gasteiger partial charge in [0.15, 0.2) is 0 Å². The van der Waals surface area contributed by atoms with Crippen LogP contribution in [-0.4, -0.2) is 4.98 Å². The van der Waals surface area contributed by atoms with Gasteiger partial charge in [-0.2, -0.15) is 0 Å². The van der Waals surface area contributed by atoms with E-state index >= 15 is 0 Å². The van der Waals surface area contributed by atoms with E-state index in [9.17, 15) is 0 Å². The number of hydrogen-bond donors (Lipinski definition) is 2. The van der Waals surface area contributed by atoms with Crippen molar-refractivity contribution in [3.63, 3.8) is 0 Å². The molecule has 0 atom stereocenters. The van der Waals surface area contributed by atoms with Crippen LogP contribution in [0.2, 0.25) is 0 Å². The number of thiophene rings is 1. The molecule has 19 heavy (non-hydrogen) atoms. The standard InChI is InChI=1S/C16H18N2S/c1-2-14-4-5-15(19-14)11-17-10-12-3-6-16-13(9-12)7-8-18-16/h3-9,17-18H,2,10-11H2,1H3. The van der Waals surface area contributed by atoms with Gasteiger partial charge in [0.2, 0.25) is 0 Å². The largest absolute Gasteiger partial charge is 0.361 e. The Morgan fingerprint density at radius 1 is 1.05 bits per heavy atom. The average Bonchev–Trinajstić information content (AvgIpc) is 3.06. The van der Waals surface area contributed by atoms with Gasteiger partial charge in [0.05, 0.1) is 0 Å². The third-order valence-corrected chi connectivity index (χ3v) is 4.54. The highest BCUT2D eigenvalue weighted by atomic mass is 32.1. The number of nitrogens with one attached hydrogen (secondary N) is 2. The molecule has 0 saturated heterocycles. The molecule has 2 nitrogen and oxygen atoms in total. The minimum absolute atomic E-state index is 0.917. The van der Waals surface area contributed by atoms with Crippen LogP contribution in [0, 0.1) is 0 Å². The molecule has 0 aliphatic rings. The molecule has 0 spiro atoms. The highest BCUT2D eigenvalue weighted by molar-refractivity contribution is 7.11. The van der Waals surface area contributed by atoms with Crippen LogP contribution in [0.3, 0.4) is 0 Å². The maximum Gasteiger partial charge on any atom is 0.0454 e. The van der Waals surface area contributed by atoms with Gasteiger partial charge in [-0.3, -0.25) is 0 Å². The Balaban J connectivity index is 1.59. The molecule has 0 radical (unpaired) electrons. The number of fused-ring (bicyclic) bond motifs is 1. The van der Waals surface area contributed by atoms with Gasteiger partial charge in [-0.25, -0.2) is 0 Å². The zero-order chi connectivity index (χ0) is 13.1. The first-order valence-corrected chi connectivity index (χ1v) is 7.51. The molecule has 3 heteroatoms. The van der Waals surface area contributed by atoms with Gasteiger partial charge in [0, 0.05) is 34.6 Å². The Morgan fingerprint density at radius 2 is 1.95 bits per heavy atom. The third kappa shape index (κ3) is 2.88. The zero-order valence-corrected chi connectivity index (χ0v) is 11.9. The third-order valence-electron chi connectivity index (χ3n) is 3.31. The first kappa shape index (κ1) is 12.5. The van der Waals surface area contributed by atoms with Crippen molar-refractivity contribution < 1.29 is 0 Å². The maximum atomic E-state index is 3.51. The number of aromatic amines is 1. The van der Waals surface area contributed by atoms with E-state index < -0.39 is 0 Å². The van der Waals surface area contributed by atoms with Crippen LogP contribution >= 0.6 is 11.3 Å². The van der Waals surface area contributed by atoms with E-state index in [0.717, 1.165) is 19.5 Å². The summed E-state index contributed by atoms with van der Waals surface area (Å²) in [5.41, 5.74) is 2.54. The molecule has 3 aromatic rings. The van der Waals surface area contributed by atoms with Crippen molar-refractivity contribution >= 4 is 22.2 Å². The Bertz CT molecular complexity index is 666. The summed E-state index contributed by atoms with van der Waals surface area (Å²) in [7, 11) is 0. The van der Waals surface area contributed by atoms with Gasteiger partial charge < -0.3 is 10.3 Å². The summed E-state index contributed by atoms with van der Waals surface area (Å²) in [6.07, 6.45) is 3.12. The number of aromatic nitrogens is 1. The van der Waals surface area contributed by atoms with Crippen LogP contribution in [0.25, 0.3) is 10.9 Å². The fourth-order valence-electron chi connectivity index (χ4n) is 2.25. The number of H-pyrrole nitrogens is 1. The molecule has 2 aromatic heterocycles. The van der Waals surface area contributed by atoms with Crippen molar-refractivity contribution in [2.24, 2.45) is 0 Å². The highest BCUT2D eigenvalue weighted by Gasteiger charge is 2.00. The molecule has 0 amide bonds. The SMILES string of the molecule is CCc1ccc(CNCc2ccc3[nH]ccc3c2)s1. The predicted octanol–water partition coefficient (Wildman–Crippen LogP) is 4.08. The first-order valence-electron chi connectivity index (χ1n) is 6.69. The van der Waals surface area contributed by atoms with Crippen molar-refractivity contribution in [3.05, 3.63) is 57.9 Å². The van der Waals surface area contributed by atoms with E-state index in [1.54, 1.807) is 0 Å². The normalized spacial score (nSPS) is 11.2. The van der Waals surface area contributed by atoms with Crippen molar-refractivity contribution in [1.82, 2.24) is 10.3 Å². The molecule has 2 N–H and O–H groups in total. The minimum atomic E-state index is 0.917. The lowest BCUT2D eigenvalue weighted by Gasteiger charge is -2.03. The lowest BCUT2D eigenvalue weighted by Crippen LogP contribution is -2.11. The van der Waals surface area contributed by atoms with Gasteiger partial charge in [-0.15, -0.1) is 11.3 Å². The molecule has 1 aromatic carbocycles. The molecular formula is C16H18N2S. The first-order chi connectivity index (χ1) is 9.35. The van der Waals surface area contributed by atoms with E-state index in [0.29, 0.717) is 0 Å². The number of rotatable bonds is 5. The lowest BCUT2D eigenvalue weighted by atomic mass is 10.1. The van der Waals surface area contributed by atoms with Gasteiger partial charge in [-0.1, -0.05) is 13.0 Å². The number of benzene rings is 1. The predicted molar refractivity (Wildman–Crippen MR) is 82.5 cm³/mol. The fourth-order valence-corrected chi connectivity index (χ4v) is 3.18. The van der Waals surface area contributed by atoms with E-state index in [-0.39, 0.29) is 0 Å². The Hall–Kier alpha value is -1.58. The topological polar surface area (TPSA) is 27.8 Å². The fraction of sp³-hybridized carbons (Fsp3) is 0.250. The van der Waals surface area contributed by atoms with Crippen LogP contribution in [0.15, 0.2) is 42.6 Å². The van der Waals surface area contributed by atoms with E-state index in [4.69, 9.17) is 0 Å². The van der Waals surface area contributed by atoms with Crippen LogP contribution in [-0.2, 0) is 19.5 Å². The second kappa shape index (κ2) is 5.59. The van der Waals surface area contributed by atoms with Crippen LogP contribution in [0.4, 0.5) is 0 Å². The Labute approximate surface area is 117 Å². The minimum Gasteiger partial charge on any atom is -0.361 e. The summed E-state index contributed by atoms with van der Waals surface area (Å²) in [6, 6.07) is 13.1. The van der Waals surface area contributed by atoms with E-state index in [2.05, 4.69) is 53.6 Å². The highest BCUT2D eigenvalue weighted by Crippen LogP contribution is 2.17. The van der Waals surface area contributed by atoms with Crippen LogP contribution in [0.5, 0.6) is 0 Å². The zero-order valence-electron chi connectivity index (χ0n) is 11.1. The van der Waals surface area contributed by atoms with Crippen molar-refractivity contribution in [3.8, 4) is 0 Å². The van der Waals surface area contributed by atoms with Gasteiger partial charge in [-0.05, 0) is 47.7 Å². The van der Waals surface area contributed by atoms with Crippen LogP contribution < -0.4 is 5.32 Å². The van der Waals surface area contributed by atoms with E-state index in [1.165, 1.54) is 26.2 Å². The van der Waals surface area contributed by atoms with Crippen molar-refractivity contribution in [1.29, 1.82) is 0 Å². The summed E-state index contributed by atoms with van der Waals surface area (Å²) in [6.45, 7) is 4.07. The molecule has 3 rings (SSSR count). The average molecular weight is 270 g/mol. The number of aryl methyl sites for hydroxylation is 1. The molecule has 0 fully saturated rings. The van der Waals surface area contributed by atoms with Gasteiger partial charge in [0.1, 0.15) is 0 Å². The molecule has 98 valence electrons. The Morgan fingerprint density at radius 3 is 2.79 bits per heavy atom. The van der Waals surface area contributed by atoms with Gasteiger partial charge >= 0.3 is 0 Å². The molecule has 2 heterocycles. The summed E-state index contributed by atoms with van der Waals surface area (Å²) in [5, 5.41) is 4.79. The number of hydrogen-bond acceptors (Lipinski definition) is 2. The maximum absolute atomic E-state index is 3.51. The molecule has 0 bridgehead atoms. The molecular weight excluding hydrogens is 252 g/mol. The second-order valence-electron chi connectivity index (χ2n) is 4.72. The van der Waals surface area contributed by atoms with Crippen molar-refractivity contribution in [2.75, 3.05) is 0 Å². The molecule has 0 saturated carbocycles. The summed E-state index contributed by atoms with van der Waals surface area (Å²) >= 11 is 1.90. The molecule has 0 aliphatic heterocycles. The quantitative estimate of drug-likeness (QED) is 0.718.